The first-order valence-corrected chi connectivity index (χ1v) is 6.18. The molecule has 98 valence electrons. The number of halogens is 1. The maximum absolute atomic E-state index is 13.0. The molecule has 0 saturated heterocycles. The minimum Gasteiger partial charge on any atom is -0.331 e. The summed E-state index contributed by atoms with van der Waals surface area (Å²) in [4.78, 5) is 11.8. The number of hydrogen-bond acceptors (Lipinski definition) is 2. The number of nitrogens with two attached hydrogens (primary N) is 1. The second kappa shape index (κ2) is 5.35. The smallest absolute Gasteiger partial charge is 0.319 e. The fourth-order valence-corrected chi connectivity index (χ4v) is 2.40. The van der Waals surface area contributed by atoms with Crippen molar-refractivity contribution in [3.63, 3.8) is 0 Å². The summed E-state index contributed by atoms with van der Waals surface area (Å²) in [6.07, 6.45) is 3.97. The molecule has 0 atom stereocenters. The lowest BCUT2D eigenvalue weighted by molar-refractivity contribution is 0.237. The van der Waals surface area contributed by atoms with Gasteiger partial charge in [-0.15, -0.1) is 0 Å². The van der Waals surface area contributed by atoms with Crippen molar-refractivity contribution < 1.29 is 9.18 Å². The van der Waals surface area contributed by atoms with E-state index < -0.39 is 0 Å². The zero-order chi connectivity index (χ0) is 13.0. The van der Waals surface area contributed by atoms with Gasteiger partial charge in [0.25, 0.3) is 0 Å². The van der Waals surface area contributed by atoms with Crippen LogP contribution in [0.25, 0.3) is 0 Å². The first kappa shape index (κ1) is 12.8. The highest BCUT2D eigenvalue weighted by Crippen LogP contribution is 2.28. The summed E-state index contributed by atoms with van der Waals surface area (Å²) < 4.78 is 13.0. The molecule has 2 rings (SSSR count). The van der Waals surface area contributed by atoms with E-state index in [1.807, 2.05) is 0 Å². The number of urea groups is 1. The van der Waals surface area contributed by atoms with Crippen LogP contribution in [-0.2, 0) is 0 Å². The summed E-state index contributed by atoms with van der Waals surface area (Å²) in [5, 5.41) is 5.54. The fourth-order valence-electron chi connectivity index (χ4n) is 2.40. The van der Waals surface area contributed by atoms with Crippen LogP contribution >= 0.6 is 0 Å². The van der Waals surface area contributed by atoms with E-state index in [-0.39, 0.29) is 17.4 Å². The van der Waals surface area contributed by atoms with E-state index in [1.165, 1.54) is 12.1 Å². The number of carbonyl (C=O) groups is 1. The molecule has 0 spiro atoms. The summed E-state index contributed by atoms with van der Waals surface area (Å²) in [7, 11) is 0. The van der Waals surface area contributed by atoms with Gasteiger partial charge in [0.2, 0.25) is 0 Å². The van der Waals surface area contributed by atoms with E-state index >= 15 is 0 Å². The van der Waals surface area contributed by atoms with Gasteiger partial charge in [-0.3, -0.25) is 0 Å². The van der Waals surface area contributed by atoms with E-state index in [9.17, 15) is 9.18 Å². The quantitative estimate of drug-likeness (QED) is 0.771. The number of benzene rings is 1. The molecule has 0 radical (unpaired) electrons. The van der Waals surface area contributed by atoms with E-state index in [2.05, 4.69) is 10.6 Å². The number of rotatable bonds is 3. The minimum atomic E-state index is -0.373. The number of anilines is 1. The van der Waals surface area contributed by atoms with Crippen molar-refractivity contribution in [3.05, 3.63) is 30.1 Å². The number of amides is 2. The summed E-state index contributed by atoms with van der Waals surface area (Å²) in [5.74, 6) is -0.373. The zero-order valence-electron chi connectivity index (χ0n) is 10.2. The van der Waals surface area contributed by atoms with Gasteiger partial charge in [-0.05, 0) is 31.0 Å². The van der Waals surface area contributed by atoms with Crippen LogP contribution in [-0.4, -0.2) is 18.1 Å². The Kier molecular flexibility index (Phi) is 3.81. The lowest BCUT2D eigenvalue weighted by Gasteiger charge is -2.28. The van der Waals surface area contributed by atoms with E-state index in [1.54, 1.807) is 12.1 Å². The third kappa shape index (κ3) is 2.98. The normalized spacial score (nSPS) is 17.4. The highest BCUT2D eigenvalue weighted by atomic mass is 19.1. The maximum atomic E-state index is 13.0. The average Bonchev–Trinajstić information content (AvgIpc) is 2.78. The Hall–Kier alpha value is -1.62. The molecule has 1 aromatic carbocycles. The Morgan fingerprint density at radius 2 is 2.11 bits per heavy atom. The van der Waals surface area contributed by atoms with Crippen molar-refractivity contribution in [2.75, 3.05) is 11.9 Å². The molecule has 4 N–H and O–H groups in total. The minimum absolute atomic E-state index is 0.294. The largest absolute Gasteiger partial charge is 0.331 e. The third-order valence-electron chi connectivity index (χ3n) is 3.41. The first-order chi connectivity index (χ1) is 8.63. The molecule has 1 fully saturated rings. The molecule has 5 heteroatoms. The summed E-state index contributed by atoms with van der Waals surface area (Å²) >= 11 is 0. The topological polar surface area (TPSA) is 67.1 Å². The van der Waals surface area contributed by atoms with Crippen molar-refractivity contribution >= 4 is 11.7 Å². The molecule has 0 unspecified atom stereocenters. The molecule has 2 amide bonds. The molecule has 1 aromatic rings. The van der Waals surface area contributed by atoms with Crippen LogP contribution in [0.3, 0.4) is 0 Å². The van der Waals surface area contributed by atoms with Gasteiger partial charge in [0.15, 0.2) is 0 Å². The van der Waals surface area contributed by atoms with E-state index in [0.717, 1.165) is 25.7 Å². The molecular weight excluding hydrogens is 233 g/mol. The molecule has 1 aliphatic rings. The SMILES string of the molecule is NCC1(NC(=O)Nc2cccc(F)c2)CCCC1. The Balaban J connectivity index is 1.96. The molecule has 1 saturated carbocycles. The standard InChI is InChI=1S/C13H18FN3O/c14-10-4-3-5-11(8-10)16-12(18)17-13(9-15)6-1-2-7-13/h3-5,8H,1-2,6-7,9,15H2,(H2,16,17,18). The molecular formula is C13H18FN3O. The van der Waals surface area contributed by atoms with Crippen LogP contribution in [0.1, 0.15) is 25.7 Å². The number of hydrogen-bond donors (Lipinski definition) is 3. The number of nitrogens with one attached hydrogen (secondary N) is 2. The van der Waals surface area contributed by atoms with Crippen LogP contribution in [0.2, 0.25) is 0 Å². The molecule has 18 heavy (non-hydrogen) atoms. The Labute approximate surface area is 106 Å². The van der Waals surface area contributed by atoms with Crippen LogP contribution in [0.15, 0.2) is 24.3 Å². The van der Waals surface area contributed by atoms with Gasteiger partial charge in [0.05, 0.1) is 5.54 Å². The van der Waals surface area contributed by atoms with Crippen LogP contribution in [0, 0.1) is 5.82 Å². The van der Waals surface area contributed by atoms with Gasteiger partial charge in [-0.2, -0.15) is 0 Å². The second-order valence-corrected chi connectivity index (χ2v) is 4.78. The van der Waals surface area contributed by atoms with Crippen molar-refractivity contribution in [2.45, 2.75) is 31.2 Å². The Bertz CT molecular complexity index is 430. The molecule has 0 bridgehead atoms. The highest BCUT2D eigenvalue weighted by molar-refractivity contribution is 5.89. The lowest BCUT2D eigenvalue weighted by atomic mass is 9.98. The van der Waals surface area contributed by atoms with Gasteiger partial charge in [-0.1, -0.05) is 18.9 Å². The van der Waals surface area contributed by atoms with Gasteiger partial charge in [0, 0.05) is 12.2 Å². The Morgan fingerprint density at radius 1 is 1.39 bits per heavy atom. The lowest BCUT2D eigenvalue weighted by Crippen LogP contribution is -2.53. The van der Waals surface area contributed by atoms with Crippen molar-refractivity contribution in [1.82, 2.24) is 5.32 Å². The third-order valence-corrected chi connectivity index (χ3v) is 3.41. The van der Waals surface area contributed by atoms with Crippen molar-refractivity contribution in [1.29, 1.82) is 0 Å². The predicted octanol–water partition coefficient (Wildman–Crippen LogP) is 2.22. The van der Waals surface area contributed by atoms with Crippen molar-refractivity contribution in [3.8, 4) is 0 Å². The summed E-state index contributed by atoms with van der Waals surface area (Å²) in [6, 6.07) is 5.49. The molecule has 1 aliphatic carbocycles. The van der Waals surface area contributed by atoms with Gasteiger partial charge in [0.1, 0.15) is 5.82 Å². The van der Waals surface area contributed by atoms with Crippen LogP contribution < -0.4 is 16.4 Å². The summed E-state index contributed by atoms with van der Waals surface area (Å²) in [6.45, 7) is 0.434. The van der Waals surface area contributed by atoms with Gasteiger partial charge in [-0.25, -0.2) is 9.18 Å². The van der Waals surface area contributed by atoms with Gasteiger partial charge < -0.3 is 16.4 Å². The number of carbonyl (C=O) groups excluding carboxylic acids is 1. The first-order valence-electron chi connectivity index (χ1n) is 6.18. The van der Waals surface area contributed by atoms with E-state index in [4.69, 9.17) is 5.73 Å². The second-order valence-electron chi connectivity index (χ2n) is 4.78. The van der Waals surface area contributed by atoms with Crippen LogP contribution in [0.4, 0.5) is 14.9 Å². The maximum Gasteiger partial charge on any atom is 0.319 e. The molecule has 0 aromatic heterocycles. The Morgan fingerprint density at radius 3 is 2.72 bits per heavy atom. The molecule has 0 heterocycles. The fraction of sp³-hybridized carbons (Fsp3) is 0.462. The van der Waals surface area contributed by atoms with Crippen molar-refractivity contribution in [2.24, 2.45) is 5.73 Å². The monoisotopic (exact) mass is 251 g/mol. The highest BCUT2D eigenvalue weighted by Gasteiger charge is 2.33. The molecule has 4 nitrogen and oxygen atoms in total. The van der Waals surface area contributed by atoms with E-state index in [0.29, 0.717) is 12.2 Å². The zero-order valence-corrected chi connectivity index (χ0v) is 10.2. The molecule has 0 aliphatic heterocycles. The summed E-state index contributed by atoms with van der Waals surface area (Å²) in [5.41, 5.74) is 5.88. The van der Waals surface area contributed by atoms with Crippen LogP contribution in [0.5, 0.6) is 0 Å². The van der Waals surface area contributed by atoms with Gasteiger partial charge >= 0.3 is 6.03 Å². The average molecular weight is 251 g/mol. The predicted molar refractivity (Wildman–Crippen MR) is 68.8 cm³/mol.